The molecular formula is C15H22N2O3S. The molecule has 1 aliphatic rings. The molecule has 21 heavy (non-hydrogen) atoms. The van der Waals surface area contributed by atoms with E-state index in [1.807, 2.05) is 13.0 Å². The quantitative estimate of drug-likeness (QED) is 0.820. The summed E-state index contributed by atoms with van der Waals surface area (Å²) in [6.45, 7) is 5.87. The molecule has 6 heteroatoms. The molecule has 0 bridgehead atoms. The van der Waals surface area contributed by atoms with Crippen molar-refractivity contribution in [1.29, 1.82) is 0 Å². The Morgan fingerprint density at radius 3 is 2.71 bits per heavy atom. The minimum atomic E-state index is -0.367. The Morgan fingerprint density at radius 2 is 2.10 bits per heavy atom. The number of aryl methyl sites for hydroxylation is 1. The summed E-state index contributed by atoms with van der Waals surface area (Å²) >= 11 is 1.46. The zero-order valence-electron chi connectivity index (χ0n) is 12.5. The van der Waals surface area contributed by atoms with Gasteiger partial charge in [0.25, 0.3) is 0 Å². The van der Waals surface area contributed by atoms with Crippen molar-refractivity contribution in [3.63, 3.8) is 0 Å². The Balaban J connectivity index is 2.12. The molecule has 2 rings (SSSR count). The number of amides is 1. The first-order chi connectivity index (χ1) is 10.2. The fraction of sp³-hybridized carbons (Fsp3) is 0.600. The fourth-order valence-corrected chi connectivity index (χ4v) is 3.35. The van der Waals surface area contributed by atoms with Crippen LogP contribution in [0.3, 0.4) is 0 Å². The number of rotatable bonds is 5. The smallest absolute Gasteiger partial charge is 0.341 e. The van der Waals surface area contributed by atoms with Gasteiger partial charge in [0.2, 0.25) is 5.91 Å². The van der Waals surface area contributed by atoms with E-state index in [2.05, 4.69) is 10.6 Å². The molecule has 1 aliphatic heterocycles. The van der Waals surface area contributed by atoms with Crippen LogP contribution in [0.1, 0.15) is 41.9 Å². The van der Waals surface area contributed by atoms with E-state index in [0.717, 1.165) is 37.2 Å². The van der Waals surface area contributed by atoms with Crippen LogP contribution in [-0.2, 0) is 16.0 Å². The van der Waals surface area contributed by atoms with Crippen molar-refractivity contribution >= 4 is 28.2 Å². The first-order valence-corrected chi connectivity index (χ1v) is 8.28. The second kappa shape index (κ2) is 7.56. The maximum absolute atomic E-state index is 12.3. The molecule has 2 heterocycles. The second-order valence-corrected chi connectivity index (χ2v) is 6.18. The van der Waals surface area contributed by atoms with Crippen LogP contribution in [0, 0.1) is 5.92 Å². The summed E-state index contributed by atoms with van der Waals surface area (Å²) in [6, 6.07) is 1.82. The first-order valence-electron chi connectivity index (χ1n) is 7.47. The lowest BCUT2D eigenvalue weighted by Crippen LogP contribution is -2.34. The maximum Gasteiger partial charge on any atom is 0.341 e. The van der Waals surface area contributed by atoms with Crippen molar-refractivity contribution in [3.05, 3.63) is 16.5 Å². The molecule has 0 spiro atoms. The molecule has 0 radical (unpaired) electrons. The normalized spacial score (nSPS) is 15.7. The van der Waals surface area contributed by atoms with Gasteiger partial charge in [-0.1, -0.05) is 6.92 Å². The van der Waals surface area contributed by atoms with Crippen LogP contribution in [-0.4, -0.2) is 31.6 Å². The third-order valence-corrected chi connectivity index (χ3v) is 4.77. The molecule has 1 saturated heterocycles. The highest BCUT2D eigenvalue weighted by Gasteiger charge is 2.24. The Hall–Kier alpha value is -1.40. The number of thiophene rings is 1. The van der Waals surface area contributed by atoms with Gasteiger partial charge in [0.1, 0.15) is 5.00 Å². The van der Waals surface area contributed by atoms with Gasteiger partial charge in [-0.15, -0.1) is 11.3 Å². The number of nitrogens with one attached hydrogen (secondary N) is 2. The number of carbonyl (C=O) groups excluding carboxylic acids is 2. The largest absolute Gasteiger partial charge is 0.462 e. The lowest BCUT2D eigenvalue weighted by Gasteiger charge is -2.21. The van der Waals surface area contributed by atoms with Gasteiger partial charge in [-0.2, -0.15) is 0 Å². The van der Waals surface area contributed by atoms with Crippen molar-refractivity contribution < 1.29 is 14.3 Å². The van der Waals surface area contributed by atoms with E-state index in [4.69, 9.17) is 4.74 Å². The number of hydrogen-bond donors (Lipinski definition) is 2. The molecule has 116 valence electrons. The number of carbonyl (C=O) groups is 2. The molecule has 1 aromatic rings. The molecule has 1 amide bonds. The minimum Gasteiger partial charge on any atom is -0.462 e. The Labute approximate surface area is 129 Å². The highest BCUT2D eigenvalue weighted by Crippen LogP contribution is 2.30. The van der Waals surface area contributed by atoms with Gasteiger partial charge in [0, 0.05) is 10.8 Å². The average molecular weight is 310 g/mol. The zero-order chi connectivity index (χ0) is 15.2. The summed E-state index contributed by atoms with van der Waals surface area (Å²) in [5, 5.41) is 6.79. The van der Waals surface area contributed by atoms with Gasteiger partial charge < -0.3 is 15.4 Å². The van der Waals surface area contributed by atoms with E-state index >= 15 is 0 Å². The molecule has 1 fully saturated rings. The van der Waals surface area contributed by atoms with E-state index in [-0.39, 0.29) is 17.8 Å². The first kappa shape index (κ1) is 16.0. The standard InChI is InChI=1S/C15H22N2O3S/c1-3-11-9-12(15(19)20-4-2)14(21-11)17-13(18)10-5-7-16-8-6-10/h9-10,16H,3-8H2,1-2H3,(H,17,18). The van der Waals surface area contributed by atoms with Gasteiger partial charge in [-0.25, -0.2) is 4.79 Å². The molecule has 1 aromatic heterocycles. The Morgan fingerprint density at radius 1 is 1.38 bits per heavy atom. The van der Waals surface area contributed by atoms with Crippen molar-refractivity contribution in [3.8, 4) is 0 Å². The summed E-state index contributed by atoms with van der Waals surface area (Å²) < 4.78 is 5.06. The zero-order valence-corrected chi connectivity index (χ0v) is 13.3. The van der Waals surface area contributed by atoms with Crippen LogP contribution in [0.15, 0.2) is 6.07 Å². The summed E-state index contributed by atoms with van der Waals surface area (Å²) in [6.07, 6.45) is 2.51. The second-order valence-electron chi connectivity index (χ2n) is 5.04. The predicted molar refractivity (Wildman–Crippen MR) is 83.9 cm³/mol. The summed E-state index contributed by atoms with van der Waals surface area (Å²) in [5.74, 6) is -0.339. The lowest BCUT2D eigenvalue weighted by atomic mass is 9.97. The van der Waals surface area contributed by atoms with E-state index in [9.17, 15) is 9.59 Å². The lowest BCUT2D eigenvalue weighted by molar-refractivity contribution is -0.120. The Kier molecular flexibility index (Phi) is 5.76. The van der Waals surface area contributed by atoms with Crippen LogP contribution in [0.5, 0.6) is 0 Å². The molecule has 0 aliphatic carbocycles. The molecule has 0 atom stereocenters. The van der Waals surface area contributed by atoms with Gasteiger partial charge >= 0.3 is 5.97 Å². The molecule has 2 N–H and O–H groups in total. The third kappa shape index (κ3) is 4.04. The van der Waals surface area contributed by atoms with Gasteiger partial charge in [-0.05, 0) is 45.3 Å². The van der Waals surface area contributed by atoms with Crippen molar-refractivity contribution in [1.82, 2.24) is 5.32 Å². The van der Waals surface area contributed by atoms with Crippen LogP contribution in [0.25, 0.3) is 0 Å². The topological polar surface area (TPSA) is 67.4 Å². The number of hydrogen-bond acceptors (Lipinski definition) is 5. The van der Waals surface area contributed by atoms with Gasteiger partial charge in [-0.3, -0.25) is 4.79 Å². The van der Waals surface area contributed by atoms with Gasteiger partial charge in [0.15, 0.2) is 0 Å². The van der Waals surface area contributed by atoms with Crippen LogP contribution in [0.2, 0.25) is 0 Å². The van der Waals surface area contributed by atoms with E-state index in [1.54, 1.807) is 6.92 Å². The minimum absolute atomic E-state index is 0.00607. The number of piperidine rings is 1. The number of ether oxygens (including phenoxy) is 1. The molecular weight excluding hydrogens is 288 g/mol. The maximum atomic E-state index is 12.3. The highest BCUT2D eigenvalue weighted by atomic mass is 32.1. The summed E-state index contributed by atoms with van der Waals surface area (Å²) in [7, 11) is 0. The number of anilines is 1. The van der Waals surface area contributed by atoms with Crippen molar-refractivity contribution in [2.75, 3.05) is 25.0 Å². The fourth-order valence-electron chi connectivity index (χ4n) is 2.37. The Bertz CT molecular complexity index is 507. The van der Waals surface area contributed by atoms with Crippen LogP contribution < -0.4 is 10.6 Å². The summed E-state index contributed by atoms with van der Waals surface area (Å²) in [4.78, 5) is 25.4. The predicted octanol–water partition coefficient (Wildman–Crippen LogP) is 2.43. The van der Waals surface area contributed by atoms with Gasteiger partial charge in [0.05, 0.1) is 12.2 Å². The molecule has 0 aromatic carbocycles. The molecule has 0 unspecified atom stereocenters. The van der Waals surface area contributed by atoms with E-state index in [0.29, 0.717) is 17.2 Å². The highest BCUT2D eigenvalue weighted by molar-refractivity contribution is 7.16. The summed E-state index contributed by atoms with van der Waals surface area (Å²) in [5.41, 5.74) is 0.473. The van der Waals surface area contributed by atoms with E-state index in [1.165, 1.54) is 11.3 Å². The van der Waals surface area contributed by atoms with Crippen molar-refractivity contribution in [2.24, 2.45) is 5.92 Å². The third-order valence-electron chi connectivity index (χ3n) is 3.57. The average Bonchev–Trinajstić information content (AvgIpc) is 2.91. The SMILES string of the molecule is CCOC(=O)c1cc(CC)sc1NC(=O)C1CCNCC1. The van der Waals surface area contributed by atoms with Crippen LogP contribution >= 0.6 is 11.3 Å². The van der Waals surface area contributed by atoms with E-state index < -0.39 is 0 Å². The van der Waals surface area contributed by atoms with Crippen LogP contribution in [0.4, 0.5) is 5.00 Å². The molecule has 5 nitrogen and oxygen atoms in total. The number of esters is 1. The van der Waals surface area contributed by atoms with Crippen molar-refractivity contribution in [2.45, 2.75) is 33.1 Å². The monoisotopic (exact) mass is 310 g/mol. The molecule has 0 saturated carbocycles.